The van der Waals surface area contributed by atoms with Crippen LogP contribution in [-0.2, 0) is 13.1 Å². The standard InChI is InChI=1S/C23H28N4O/c1-2-11-23(28-17-6-5-14-26-16-13-24-19-26)20(8-1)18-27-15-7-10-22(27)21-9-3-4-12-25-21/h1-4,8-9,11-13,16,19,22H,5-7,10,14-15,17-18H2/t22-/m1/s1. The molecule has 28 heavy (non-hydrogen) atoms. The number of aryl methyl sites for hydroxylation is 1. The van der Waals surface area contributed by atoms with Crippen molar-refractivity contribution in [3.63, 3.8) is 0 Å². The Balaban J connectivity index is 1.32. The summed E-state index contributed by atoms with van der Waals surface area (Å²) in [7, 11) is 0. The van der Waals surface area contributed by atoms with Crippen LogP contribution in [0.4, 0.5) is 0 Å². The van der Waals surface area contributed by atoms with Crippen LogP contribution in [0.15, 0.2) is 67.4 Å². The topological polar surface area (TPSA) is 43.2 Å². The zero-order valence-electron chi connectivity index (χ0n) is 16.3. The zero-order valence-corrected chi connectivity index (χ0v) is 16.3. The van der Waals surface area contributed by atoms with Gasteiger partial charge < -0.3 is 9.30 Å². The number of unbranched alkanes of at least 4 members (excludes halogenated alkanes) is 1. The second-order valence-corrected chi connectivity index (χ2v) is 7.35. The fourth-order valence-corrected chi connectivity index (χ4v) is 3.92. The van der Waals surface area contributed by atoms with Crippen LogP contribution in [0.5, 0.6) is 5.75 Å². The molecule has 0 amide bonds. The van der Waals surface area contributed by atoms with E-state index in [4.69, 9.17) is 4.74 Å². The van der Waals surface area contributed by atoms with Crippen molar-refractivity contribution in [3.8, 4) is 5.75 Å². The Morgan fingerprint density at radius 2 is 1.96 bits per heavy atom. The smallest absolute Gasteiger partial charge is 0.123 e. The number of pyridine rings is 1. The molecule has 1 saturated heterocycles. The number of hydrogen-bond donors (Lipinski definition) is 0. The van der Waals surface area contributed by atoms with Gasteiger partial charge in [-0.25, -0.2) is 4.98 Å². The van der Waals surface area contributed by atoms with Crippen molar-refractivity contribution >= 4 is 0 Å². The van der Waals surface area contributed by atoms with Gasteiger partial charge in [-0.3, -0.25) is 9.88 Å². The molecule has 3 aromatic rings. The maximum atomic E-state index is 6.14. The minimum atomic E-state index is 0.407. The van der Waals surface area contributed by atoms with Gasteiger partial charge >= 0.3 is 0 Å². The van der Waals surface area contributed by atoms with Crippen LogP contribution in [0.3, 0.4) is 0 Å². The average Bonchev–Trinajstić information content (AvgIpc) is 3.42. The van der Waals surface area contributed by atoms with E-state index >= 15 is 0 Å². The molecule has 0 aliphatic carbocycles. The van der Waals surface area contributed by atoms with Gasteiger partial charge in [0.15, 0.2) is 0 Å². The van der Waals surface area contributed by atoms with Crippen molar-refractivity contribution in [1.82, 2.24) is 19.4 Å². The zero-order chi connectivity index (χ0) is 19.0. The summed E-state index contributed by atoms with van der Waals surface area (Å²) in [6.45, 7) is 3.76. The molecule has 0 bridgehead atoms. The van der Waals surface area contributed by atoms with E-state index in [1.807, 2.05) is 31.0 Å². The number of ether oxygens (including phenoxy) is 1. The highest BCUT2D eigenvalue weighted by Crippen LogP contribution is 2.33. The van der Waals surface area contributed by atoms with Gasteiger partial charge in [0.2, 0.25) is 0 Å². The van der Waals surface area contributed by atoms with Crippen molar-refractivity contribution < 1.29 is 4.74 Å². The highest BCUT2D eigenvalue weighted by molar-refractivity contribution is 5.33. The number of aromatic nitrogens is 3. The SMILES string of the molecule is c1ccc([C@H]2CCCN2Cc2ccccc2OCCCCn2ccnc2)nc1. The van der Waals surface area contributed by atoms with Crippen LogP contribution in [0, 0.1) is 0 Å². The maximum Gasteiger partial charge on any atom is 0.123 e. The number of para-hydroxylation sites is 1. The Morgan fingerprint density at radius 3 is 2.82 bits per heavy atom. The molecule has 0 spiro atoms. The van der Waals surface area contributed by atoms with Crippen molar-refractivity contribution in [1.29, 1.82) is 0 Å². The van der Waals surface area contributed by atoms with E-state index in [9.17, 15) is 0 Å². The van der Waals surface area contributed by atoms with Gasteiger partial charge in [-0.15, -0.1) is 0 Å². The molecule has 0 N–H and O–H groups in total. The number of benzene rings is 1. The average molecular weight is 377 g/mol. The van der Waals surface area contributed by atoms with Crippen molar-refractivity contribution in [3.05, 3.63) is 78.6 Å². The summed E-state index contributed by atoms with van der Waals surface area (Å²) in [6, 6.07) is 15.1. The van der Waals surface area contributed by atoms with E-state index in [-0.39, 0.29) is 0 Å². The summed E-state index contributed by atoms with van der Waals surface area (Å²) in [5.74, 6) is 1.01. The molecular weight excluding hydrogens is 348 g/mol. The Kier molecular flexibility index (Phi) is 6.35. The lowest BCUT2D eigenvalue weighted by Gasteiger charge is -2.25. The molecule has 0 saturated carbocycles. The third-order valence-electron chi connectivity index (χ3n) is 5.37. The first-order chi connectivity index (χ1) is 13.9. The molecule has 5 nitrogen and oxygen atoms in total. The van der Waals surface area contributed by atoms with Gasteiger partial charge in [0, 0.05) is 37.2 Å². The van der Waals surface area contributed by atoms with Crippen LogP contribution in [-0.4, -0.2) is 32.6 Å². The molecule has 5 heteroatoms. The Hall–Kier alpha value is -2.66. The van der Waals surface area contributed by atoms with Gasteiger partial charge in [-0.1, -0.05) is 24.3 Å². The first-order valence-corrected chi connectivity index (χ1v) is 10.2. The van der Waals surface area contributed by atoms with Gasteiger partial charge in [-0.2, -0.15) is 0 Å². The minimum Gasteiger partial charge on any atom is -0.493 e. The second-order valence-electron chi connectivity index (χ2n) is 7.35. The van der Waals surface area contributed by atoms with E-state index in [2.05, 4.69) is 55.8 Å². The van der Waals surface area contributed by atoms with Crippen LogP contribution in [0.1, 0.15) is 43.0 Å². The van der Waals surface area contributed by atoms with Crippen molar-refractivity contribution in [2.45, 2.75) is 44.8 Å². The lowest BCUT2D eigenvalue weighted by atomic mass is 10.1. The predicted octanol–water partition coefficient (Wildman–Crippen LogP) is 4.47. The summed E-state index contributed by atoms with van der Waals surface area (Å²) in [6.07, 6.45) is 12.1. The van der Waals surface area contributed by atoms with Crippen LogP contribution >= 0.6 is 0 Å². The molecular formula is C23H28N4O. The fraction of sp³-hybridized carbons (Fsp3) is 0.391. The van der Waals surface area contributed by atoms with Crippen LogP contribution < -0.4 is 4.74 Å². The van der Waals surface area contributed by atoms with E-state index in [1.165, 1.54) is 24.1 Å². The summed E-state index contributed by atoms with van der Waals surface area (Å²) in [4.78, 5) is 11.2. The van der Waals surface area contributed by atoms with Gasteiger partial charge in [-0.05, 0) is 50.4 Å². The molecule has 4 rings (SSSR count). The molecule has 1 aliphatic heterocycles. The summed E-state index contributed by atoms with van der Waals surface area (Å²) >= 11 is 0. The summed E-state index contributed by atoms with van der Waals surface area (Å²) in [5, 5.41) is 0. The Morgan fingerprint density at radius 1 is 1.04 bits per heavy atom. The van der Waals surface area contributed by atoms with Crippen LogP contribution in [0.25, 0.3) is 0 Å². The molecule has 0 unspecified atom stereocenters. The minimum absolute atomic E-state index is 0.407. The number of nitrogens with zero attached hydrogens (tertiary/aromatic N) is 4. The molecule has 146 valence electrons. The van der Waals surface area contributed by atoms with Gasteiger partial charge in [0.1, 0.15) is 5.75 Å². The number of hydrogen-bond acceptors (Lipinski definition) is 4. The third-order valence-corrected chi connectivity index (χ3v) is 5.37. The molecule has 3 heterocycles. The maximum absolute atomic E-state index is 6.14. The van der Waals surface area contributed by atoms with Gasteiger partial charge in [0.05, 0.1) is 24.7 Å². The normalized spacial score (nSPS) is 17.1. The highest BCUT2D eigenvalue weighted by atomic mass is 16.5. The summed E-state index contributed by atoms with van der Waals surface area (Å²) < 4.78 is 8.25. The molecule has 1 atom stereocenters. The first-order valence-electron chi connectivity index (χ1n) is 10.2. The largest absolute Gasteiger partial charge is 0.493 e. The lowest BCUT2D eigenvalue weighted by Crippen LogP contribution is -2.23. The Bertz CT molecular complexity index is 835. The number of rotatable bonds is 9. The van der Waals surface area contributed by atoms with Gasteiger partial charge in [0.25, 0.3) is 0 Å². The molecule has 2 aromatic heterocycles. The monoisotopic (exact) mass is 376 g/mol. The molecule has 1 aliphatic rings. The Labute approximate surface area is 167 Å². The predicted molar refractivity (Wildman–Crippen MR) is 110 cm³/mol. The molecule has 0 radical (unpaired) electrons. The first kappa shape index (κ1) is 18.7. The van der Waals surface area contributed by atoms with E-state index < -0.39 is 0 Å². The third kappa shape index (κ3) is 4.78. The molecule has 1 aromatic carbocycles. The second kappa shape index (κ2) is 9.51. The van der Waals surface area contributed by atoms with Crippen molar-refractivity contribution in [2.75, 3.05) is 13.2 Å². The number of imidazole rings is 1. The quantitative estimate of drug-likeness (QED) is 0.517. The van der Waals surface area contributed by atoms with E-state index in [0.29, 0.717) is 6.04 Å². The van der Waals surface area contributed by atoms with Crippen LogP contribution in [0.2, 0.25) is 0 Å². The molecule has 1 fully saturated rings. The highest BCUT2D eigenvalue weighted by Gasteiger charge is 2.27. The lowest BCUT2D eigenvalue weighted by molar-refractivity contribution is 0.236. The number of likely N-dealkylation sites (tertiary alicyclic amines) is 1. The fourth-order valence-electron chi connectivity index (χ4n) is 3.92. The van der Waals surface area contributed by atoms with E-state index in [0.717, 1.165) is 44.8 Å². The summed E-state index contributed by atoms with van der Waals surface area (Å²) in [5.41, 5.74) is 2.44. The van der Waals surface area contributed by atoms with Crippen molar-refractivity contribution in [2.24, 2.45) is 0 Å². The van der Waals surface area contributed by atoms with E-state index in [1.54, 1.807) is 0 Å².